The maximum atomic E-state index is 13.4. The number of rotatable bonds is 8. The van der Waals surface area contributed by atoms with Gasteiger partial charge in [0.25, 0.3) is 0 Å². The van der Waals surface area contributed by atoms with Crippen molar-refractivity contribution in [3.8, 4) is 0 Å². The molecule has 1 aliphatic heterocycles. The second-order valence-corrected chi connectivity index (χ2v) is 18.4. The van der Waals surface area contributed by atoms with Gasteiger partial charge in [0.1, 0.15) is 0 Å². The summed E-state index contributed by atoms with van der Waals surface area (Å²) in [5, 5.41) is 19.8. The third kappa shape index (κ3) is 4.58. The van der Waals surface area contributed by atoms with Crippen LogP contribution >= 0.6 is 0 Å². The van der Waals surface area contributed by atoms with Crippen molar-refractivity contribution in [3.63, 3.8) is 0 Å². The summed E-state index contributed by atoms with van der Waals surface area (Å²) in [4.78, 5) is 13.4. The summed E-state index contributed by atoms with van der Waals surface area (Å²) in [5.41, 5.74) is 6.79. The minimum atomic E-state index is -0.613. The SMILES string of the molecule is CC(C)[C@@H](C)[C@@]1(C)CC[C@]2(C)[C@H]3CC[C@@H]4[C@@]5(COC[C@]4(C)[C@@H](OC[C@](C)(N)C(C)C)[C@H](n4ccnn4)C5)C3=CC[C@@]2(C)[C@@H]1C(=O)O. The molecule has 2 bridgehead atoms. The molecule has 0 spiro atoms. The number of hydrogen-bond acceptors (Lipinski definition) is 6. The third-order valence-electron chi connectivity index (χ3n) is 15.8. The van der Waals surface area contributed by atoms with Crippen molar-refractivity contribution < 1.29 is 19.4 Å². The minimum Gasteiger partial charge on any atom is -0.481 e. The summed E-state index contributed by atoms with van der Waals surface area (Å²) < 4.78 is 15.7. The first-order valence-corrected chi connectivity index (χ1v) is 18.2. The molecule has 0 unspecified atom stereocenters. The number of fused-ring (bicyclic) bond motifs is 3. The van der Waals surface area contributed by atoms with Gasteiger partial charge in [0, 0.05) is 22.6 Å². The van der Waals surface area contributed by atoms with Crippen LogP contribution in [0, 0.1) is 62.6 Å². The van der Waals surface area contributed by atoms with Gasteiger partial charge in [-0.05, 0) is 91.3 Å². The van der Waals surface area contributed by atoms with Crippen molar-refractivity contribution in [1.82, 2.24) is 15.0 Å². The number of nitrogens with two attached hydrogens (primary N) is 1. The fourth-order valence-electron chi connectivity index (χ4n) is 12.0. The number of carboxylic acids is 1. The van der Waals surface area contributed by atoms with Crippen LogP contribution in [0.5, 0.6) is 0 Å². The molecule has 1 aromatic heterocycles. The number of nitrogens with zero attached hydrogens (tertiary/aromatic N) is 3. The predicted octanol–water partition coefficient (Wildman–Crippen LogP) is 7.17. The molecule has 2 heterocycles. The molecule has 4 fully saturated rings. The van der Waals surface area contributed by atoms with Crippen LogP contribution in [0.4, 0.5) is 0 Å². The third-order valence-corrected chi connectivity index (χ3v) is 15.8. The summed E-state index contributed by atoms with van der Waals surface area (Å²) in [6.45, 7) is 24.5. The first kappa shape index (κ1) is 34.1. The first-order valence-electron chi connectivity index (χ1n) is 18.2. The first-order chi connectivity index (χ1) is 21.4. The monoisotopic (exact) mass is 638 g/mol. The van der Waals surface area contributed by atoms with Crippen LogP contribution in [0.25, 0.3) is 0 Å². The van der Waals surface area contributed by atoms with Gasteiger partial charge in [-0.25, -0.2) is 4.68 Å². The molecule has 0 radical (unpaired) electrons. The Morgan fingerprint density at radius 2 is 1.85 bits per heavy atom. The standard InChI is InChI=1S/C38H62N4O4/c1-23(2)25(5)33(6)15-16-35(8)26-11-12-29-34(7)20-45-22-38(29,27(26)13-14-36(35,9)30(33)32(43)44)19-28(42-18-17-40-41-42)31(34)46-21-37(10,39)24(3)4/h13,17-18,23-26,28-31H,11-12,14-16,19-22,39H2,1-10H3,(H,43,44)/t25-,26+,28-,29+,30-,31+,33-,34+,35-,36+,37+,38+/m1/s1. The van der Waals surface area contributed by atoms with Gasteiger partial charge in [-0.15, -0.1) is 5.10 Å². The molecule has 6 rings (SSSR count). The fourth-order valence-corrected chi connectivity index (χ4v) is 12.0. The Kier molecular flexibility index (Phi) is 8.25. The molecule has 12 atom stereocenters. The van der Waals surface area contributed by atoms with E-state index in [0.717, 1.165) is 38.5 Å². The molecule has 3 saturated carbocycles. The summed E-state index contributed by atoms with van der Waals surface area (Å²) in [6.07, 6.45) is 12.0. The van der Waals surface area contributed by atoms with E-state index < -0.39 is 17.4 Å². The molecular weight excluding hydrogens is 576 g/mol. The highest BCUT2D eigenvalue weighted by atomic mass is 16.5. The Labute approximate surface area is 277 Å². The van der Waals surface area contributed by atoms with Crippen LogP contribution in [-0.2, 0) is 14.3 Å². The van der Waals surface area contributed by atoms with E-state index >= 15 is 0 Å². The van der Waals surface area contributed by atoms with Crippen LogP contribution in [0.1, 0.15) is 114 Å². The second-order valence-electron chi connectivity index (χ2n) is 18.4. The van der Waals surface area contributed by atoms with E-state index in [0.29, 0.717) is 43.5 Å². The van der Waals surface area contributed by atoms with Gasteiger partial charge in [0.15, 0.2) is 0 Å². The molecule has 3 N–H and O–H groups in total. The zero-order valence-corrected chi connectivity index (χ0v) is 30.3. The van der Waals surface area contributed by atoms with E-state index in [-0.39, 0.29) is 45.1 Å². The van der Waals surface area contributed by atoms with Crippen molar-refractivity contribution in [1.29, 1.82) is 0 Å². The number of allylic oxidation sites excluding steroid dienone is 1. The van der Waals surface area contributed by atoms with Crippen LogP contribution < -0.4 is 5.73 Å². The van der Waals surface area contributed by atoms with Crippen LogP contribution in [0.3, 0.4) is 0 Å². The zero-order chi connectivity index (χ0) is 33.7. The lowest BCUT2D eigenvalue weighted by Gasteiger charge is -2.71. The maximum Gasteiger partial charge on any atom is 0.307 e. The molecule has 8 nitrogen and oxygen atoms in total. The quantitative estimate of drug-likeness (QED) is 0.291. The largest absolute Gasteiger partial charge is 0.481 e. The summed E-state index contributed by atoms with van der Waals surface area (Å²) in [6, 6.07) is 0.00434. The van der Waals surface area contributed by atoms with Crippen molar-refractivity contribution in [2.24, 2.45) is 68.3 Å². The smallest absolute Gasteiger partial charge is 0.307 e. The Bertz CT molecular complexity index is 1340. The van der Waals surface area contributed by atoms with E-state index in [1.165, 1.54) is 5.57 Å². The molecule has 0 amide bonds. The highest BCUT2D eigenvalue weighted by molar-refractivity contribution is 5.73. The van der Waals surface area contributed by atoms with Crippen LogP contribution in [0.2, 0.25) is 0 Å². The van der Waals surface area contributed by atoms with E-state index in [1.54, 1.807) is 6.20 Å². The number of ether oxygens (including phenoxy) is 2. The topological polar surface area (TPSA) is 112 Å². The molecule has 1 saturated heterocycles. The summed E-state index contributed by atoms with van der Waals surface area (Å²) in [7, 11) is 0. The van der Waals surface area contributed by atoms with Gasteiger partial charge < -0.3 is 20.3 Å². The van der Waals surface area contributed by atoms with E-state index in [1.807, 2.05) is 10.9 Å². The second kappa shape index (κ2) is 11.1. The highest BCUT2D eigenvalue weighted by Crippen LogP contribution is 2.75. The fraction of sp³-hybridized carbons (Fsp3) is 0.868. The van der Waals surface area contributed by atoms with Crippen molar-refractivity contribution in [2.45, 2.75) is 125 Å². The molecule has 258 valence electrons. The number of carbonyl (C=O) groups is 1. The molecule has 46 heavy (non-hydrogen) atoms. The Morgan fingerprint density at radius 3 is 2.46 bits per heavy atom. The van der Waals surface area contributed by atoms with Crippen LogP contribution in [0.15, 0.2) is 24.0 Å². The Morgan fingerprint density at radius 1 is 1.13 bits per heavy atom. The van der Waals surface area contributed by atoms with Gasteiger partial charge in [-0.1, -0.05) is 79.2 Å². The number of aliphatic carboxylic acids is 1. The average molecular weight is 639 g/mol. The molecule has 8 heteroatoms. The van der Waals surface area contributed by atoms with Crippen LogP contribution in [-0.4, -0.2) is 57.5 Å². The molecule has 4 aliphatic carbocycles. The normalized spacial score (nSPS) is 45.7. The molecular formula is C38H62N4O4. The van der Waals surface area contributed by atoms with Crippen molar-refractivity contribution >= 4 is 5.97 Å². The van der Waals surface area contributed by atoms with E-state index in [2.05, 4.69) is 85.6 Å². The average Bonchev–Trinajstić information content (AvgIpc) is 3.51. The number of aromatic nitrogens is 3. The maximum absolute atomic E-state index is 13.4. The van der Waals surface area contributed by atoms with Gasteiger partial charge in [0.2, 0.25) is 0 Å². The lowest BCUT2D eigenvalue weighted by molar-refractivity contribution is -0.252. The lowest BCUT2D eigenvalue weighted by Crippen LogP contribution is -2.69. The zero-order valence-electron chi connectivity index (χ0n) is 30.3. The summed E-state index contributed by atoms with van der Waals surface area (Å²) >= 11 is 0. The van der Waals surface area contributed by atoms with Gasteiger partial charge >= 0.3 is 5.97 Å². The minimum absolute atomic E-state index is 0.00434. The summed E-state index contributed by atoms with van der Waals surface area (Å²) in [5.74, 6) is 0.771. The predicted molar refractivity (Wildman–Crippen MR) is 180 cm³/mol. The molecule has 1 aromatic rings. The number of hydrogen-bond donors (Lipinski definition) is 2. The highest BCUT2D eigenvalue weighted by Gasteiger charge is 2.72. The van der Waals surface area contributed by atoms with Crippen molar-refractivity contribution in [2.75, 3.05) is 19.8 Å². The van der Waals surface area contributed by atoms with E-state index in [4.69, 9.17) is 15.2 Å². The van der Waals surface area contributed by atoms with E-state index in [9.17, 15) is 9.90 Å². The van der Waals surface area contributed by atoms with Gasteiger partial charge in [0.05, 0.1) is 44.1 Å². The van der Waals surface area contributed by atoms with Gasteiger partial charge in [-0.2, -0.15) is 0 Å². The van der Waals surface area contributed by atoms with Crippen molar-refractivity contribution in [3.05, 3.63) is 24.0 Å². The van der Waals surface area contributed by atoms with Gasteiger partial charge in [-0.3, -0.25) is 4.79 Å². The number of carboxylic acid groups (broad SMARTS) is 1. The Hall–Kier alpha value is -1.77. The molecule has 0 aromatic carbocycles. The molecule has 5 aliphatic rings. The Balaban J connectivity index is 1.43. The lowest BCUT2D eigenvalue weighted by atomic mass is 9.34.